The number of carboxylic acid groups (broad SMARTS) is 1. The summed E-state index contributed by atoms with van der Waals surface area (Å²) < 4.78 is 15.7. The van der Waals surface area contributed by atoms with E-state index in [1.54, 1.807) is 24.5 Å². The molecular weight excluding hydrogens is 335 g/mol. The van der Waals surface area contributed by atoms with Crippen molar-refractivity contribution in [1.29, 1.82) is 0 Å². The van der Waals surface area contributed by atoms with E-state index in [0.29, 0.717) is 12.4 Å². The zero-order valence-corrected chi connectivity index (χ0v) is 14.4. The van der Waals surface area contributed by atoms with Crippen LogP contribution in [0.4, 0.5) is 10.3 Å². The van der Waals surface area contributed by atoms with Gasteiger partial charge in [-0.25, -0.2) is 14.4 Å². The van der Waals surface area contributed by atoms with E-state index >= 15 is 0 Å². The number of halogens is 1. The van der Waals surface area contributed by atoms with Gasteiger partial charge in [-0.05, 0) is 49.1 Å². The fourth-order valence-electron chi connectivity index (χ4n) is 3.89. The summed E-state index contributed by atoms with van der Waals surface area (Å²) in [6, 6.07) is 6.52. The molecule has 2 heterocycles. The maximum absolute atomic E-state index is 13.8. The molecule has 0 saturated carbocycles. The summed E-state index contributed by atoms with van der Waals surface area (Å²) in [5, 5.41) is 10.1. The van der Waals surface area contributed by atoms with Crippen LogP contribution in [0.3, 0.4) is 0 Å². The minimum atomic E-state index is -0.897. The van der Waals surface area contributed by atoms with Gasteiger partial charge in [0.2, 0.25) is 5.95 Å². The molecule has 0 saturated heterocycles. The Kier molecular flexibility index (Phi) is 4.06. The second kappa shape index (κ2) is 6.40. The number of hydrogen-bond acceptors (Lipinski definition) is 4. The molecule has 0 spiro atoms. The molecule has 0 unspecified atom stereocenters. The minimum Gasteiger partial charge on any atom is -0.480 e. The third kappa shape index (κ3) is 2.79. The van der Waals surface area contributed by atoms with Gasteiger partial charge in [0.05, 0.1) is 0 Å². The van der Waals surface area contributed by atoms with Crippen molar-refractivity contribution >= 4 is 22.8 Å². The smallest absolute Gasteiger partial charge is 0.323 e. The Morgan fingerprint density at radius 1 is 1.38 bits per heavy atom. The number of hydrogen-bond donors (Lipinski definition) is 1. The Bertz CT molecular complexity index is 971. The molecule has 0 amide bonds. The second-order valence-corrected chi connectivity index (χ2v) is 6.62. The van der Waals surface area contributed by atoms with Gasteiger partial charge in [-0.3, -0.25) is 4.79 Å². The summed E-state index contributed by atoms with van der Waals surface area (Å²) in [6.07, 6.45) is 5.72. The Morgan fingerprint density at radius 3 is 2.88 bits per heavy atom. The minimum absolute atomic E-state index is 0.111. The number of benzene rings is 1. The highest BCUT2D eigenvalue weighted by atomic mass is 19.1. The predicted molar refractivity (Wildman–Crippen MR) is 95.8 cm³/mol. The van der Waals surface area contributed by atoms with Crippen molar-refractivity contribution in [2.24, 2.45) is 0 Å². The molecule has 0 fully saturated rings. The van der Waals surface area contributed by atoms with Gasteiger partial charge in [0.15, 0.2) is 0 Å². The zero-order chi connectivity index (χ0) is 18.3. The van der Waals surface area contributed by atoms with E-state index in [1.165, 1.54) is 12.1 Å². The van der Waals surface area contributed by atoms with Crippen molar-refractivity contribution in [1.82, 2.24) is 14.5 Å². The molecule has 1 aliphatic rings. The molecule has 1 aliphatic carbocycles. The summed E-state index contributed by atoms with van der Waals surface area (Å²) in [6.45, 7) is -0.111. The van der Waals surface area contributed by atoms with Crippen molar-refractivity contribution in [3.63, 3.8) is 0 Å². The largest absolute Gasteiger partial charge is 0.480 e. The Hall–Kier alpha value is -2.96. The molecule has 7 heteroatoms. The van der Waals surface area contributed by atoms with Gasteiger partial charge in [0, 0.05) is 42.1 Å². The molecular formula is C19H19FN4O2. The van der Waals surface area contributed by atoms with Crippen LogP contribution in [-0.4, -0.2) is 38.7 Å². The molecule has 134 valence electrons. The first-order chi connectivity index (χ1) is 12.5. The van der Waals surface area contributed by atoms with E-state index < -0.39 is 5.97 Å². The Morgan fingerprint density at radius 2 is 2.15 bits per heavy atom. The van der Waals surface area contributed by atoms with Crippen LogP contribution in [0.15, 0.2) is 36.7 Å². The topological polar surface area (TPSA) is 71.2 Å². The number of aliphatic carboxylic acids is 1. The van der Waals surface area contributed by atoms with Crippen molar-refractivity contribution in [3.05, 3.63) is 53.7 Å². The maximum atomic E-state index is 13.8. The van der Waals surface area contributed by atoms with Crippen LogP contribution in [0.1, 0.15) is 17.7 Å². The lowest BCUT2D eigenvalue weighted by Crippen LogP contribution is -2.37. The van der Waals surface area contributed by atoms with Crippen molar-refractivity contribution in [2.45, 2.75) is 31.8 Å². The van der Waals surface area contributed by atoms with Crippen LogP contribution in [0.5, 0.6) is 0 Å². The Labute approximate surface area is 149 Å². The number of nitrogens with zero attached hydrogens (tertiary/aromatic N) is 4. The molecule has 1 atom stereocenters. The van der Waals surface area contributed by atoms with Gasteiger partial charge >= 0.3 is 5.97 Å². The number of carboxylic acids is 1. The van der Waals surface area contributed by atoms with Gasteiger partial charge in [-0.1, -0.05) is 0 Å². The first kappa shape index (κ1) is 16.5. The first-order valence-electron chi connectivity index (χ1n) is 8.55. The number of rotatable bonds is 4. The van der Waals surface area contributed by atoms with Crippen LogP contribution < -0.4 is 4.90 Å². The van der Waals surface area contributed by atoms with Crippen LogP contribution in [0.25, 0.3) is 10.9 Å². The van der Waals surface area contributed by atoms with Crippen LogP contribution in [0, 0.1) is 5.82 Å². The maximum Gasteiger partial charge on any atom is 0.323 e. The highest BCUT2D eigenvalue weighted by Crippen LogP contribution is 2.34. The monoisotopic (exact) mass is 354 g/mol. The quantitative estimate of drug-likeness (QED) is 0.780. The number of aromatic nitrogens is 3. The SMILES string of the molecule is CN(c1ncccn1)[C@H]1CCc2c(c3cc(F)ccc3n2CC(=O)O)C1. The first-order valence-corrected chi connectivity index (χ1v) is 8.55. The zero-order valence-electron chi connectivity index (χ0n) is 14.4. The number of likely N-dealkylation sites (N-methyl/N-ethyl adjacent to an activating group) is 1. The van der Waals surface area contributed by atoms with Crippen molar-refractivity contribution < 1.29 is 14.3 Å². The van der Waals surface area contributed by atoms with Gasteiger partial charge in [0.25, 0.3) is 0 Å². The fraction of sp³-hybridized carbons (Fsp3) is 0.316. The summed E-state index contributed by atoms with van der Waals surface area (Å²) >= 11 is 0. The lowest BCUT2D eigenvalue weighted by Gasteiger charge is -2.32. The van der Waals surface area contributed by atoms with Gasteiger partial charge in [-0.15, -0.1) is 0 Å². The molecule has 4 rings (SSSR count). The van der Waals surface area contributed by atoms with E-state index in [-0.39, 0.29) is 18.4 Å². The lowest BCUT2D eigenvalue weighted by atomic mass is 9.90. The normalized spacial score (nSPS) is 16.5. The van der Waals surface area contributed by atoms with E-state index in [2.05, 4.69) is 9.97 Å². The van der Waals surface area contributed by atoms with E-state index in [4.69, 9.17) is 0 Å². The number of anilines is 1. The van der Waals surface area contributed by atoms with E-state index in [9.17, 15) is 14.3 Å². The molecule has 3 aromatic rings. The molecule has 0 bridgehead atoms. The highest BCUT2D eigenvalue weighted by molar-refractivity contribution is 5.87. The van der Waals surface area contributed by atoms with Crippen molar-refractivity contribution in [3.8, 4) is 0 Å². The average molecular weight is 354 g/mol. The van der Waals surface area contributed by atoms with Crippen LogP contribution in [0.2, 0.25) is 0 Å². The summed E-state index contributed by atoms with van der Waals surface area (Å²) in [7, 11) is 1.96. The van der Waals surface area contributed by atoms with Gasteiger partial charge < -0.3 is 14.6 Å². The highest BCUT2D eigenvalue weighted by Gasteiger charge is 2.29. The molecule has 1 N–H and O–H groups in total. The van der Waals surface area contributed by atoms with Gasteiger partial charge in [0.1, 0.15) is 12.4 Å². The number of carbonyl (C=O) groups is 1. The third-order valence-corrected chi connectivity index (χ3v) is 5.11. The molecule has 1 aromatic carbocycles. The average Bonchev–Trinajstić information content (AvgIpc) is 2.94. The molecule has 26 heavy (non-hydrogen) atoms. The summed E-state index contributed by atoms with van der Waals surface area (Å²) in [4.78, 5) is 22.0. The van der Waals surface area contributed by atoms with Gasteiger partial charge in [-0.2, -0.15) is 0 Å². The molecule has 2 aromatic heterocycles. The van der Waals surface area contributed by atoms with E-state index in [1.807, 2.05) is 16.5 Å². The second-order valence-electron chi connectivity index (χ2n) is 6.62. The standard InChI is InChI=1S/C19H19FN4O2/c1-23(19-21-7-2-8-22-19)13-4-6-17-15(10-13)14-9-12(20)3-5-16(14)24(17)11-18(25)26/h2-3,5,7-9,13H,4,6,10-11H2,1H3,(H,25,26)/t13-/m0/s1. The fourth-order valence-corrected chi connectivity index (χ4v) is 3.89. The van der Waals surface area contributed by atoms with E-state index in [0.717, 1.165) is 35.0 Å². The lowest BCUT2D eigenvalue weighted by molar-refractivity contribution is -0.137. The molecule has 0 aliphatic heterocycles. The van der Waals surface area contributed by atoms with Crippen molar-refractivity contribution in [2.75, 3.05) is 11.9 Å². The summed E-state index contributed by atoms with van der Waals surface area (Å²) in [5.74, 6) is -0.554. The third-order valence-electron chi connectivity index (χ3n) is 5.11. The van der Waals surface area contributed by atoms with Crippen LogP contribution >= 0.6 is 0 Å². The van der Waals surface area contributed by atoms with Crippen LogP contribution in [-0.2, 0) is 24.2 Å². The number of fused-ring (bicyclic) bond motifs is 3. The Balaban J connectivity index is 1.75. The molecule has 0 radical (unpaired) electrons. The predicted octanol–water partition coefficient (Wildman–Crippen LogP) is 2.65. The summed E-state index contributed by atoms with van der Waals surface area (Å²) in [5.41, 5.74) is 2.80. The molecule has 6 nitrogen and oxygen atoms in total.